The van der Waals surface area contributed by atoms with Crippen LogP contribution in [0.2, 0.25) is 5.82 Å². The molecule has 1 rings (SSSR count). The van der Waals surface area contributed by atoms with Gasteiger partial charge in [-0.15, -0.1) is 0 Å². The molecule has 0 bridgehead atoms. The zero-order chi connectivity index (χ0) is 6.36. The van der Waals surface area contributed by atoms with Gasteiger partial charge in [0, 0.05) is 0 Å². The second-order valence-corrected chi connectivity index (χ2v) is 2.19. The maximum absolute atomic E-state index is 11.5. The van der Waals surface area contributed by atoms with Gasteiger partial charge in [-0.3, -0.25) is 0 Å². The highest BCUT2D eigenvalue weighted by atomic mass is 19.4. The van der Waals surface area contributed by atoms with Crippen molar-refractivity contribution in [1.29, 1.82) is 0 Å². The molecule has 0 aromatic carbocycles. The molecule has 1 aliphatic carbocycles. The summed E-state index contributed by atoms with van der Waals surface area (Å²) < 4.78 is 34.4. The van der Waals surface area contributed by atoms with E-state index in [1.54, 1.807) is 0 Å². The Morgan fingerprint density at radius 1 is 1.38 bits per heavy atom. The molecule has 0 heterocycles. The lowest BCUT2D eigenvalue weighted by Crippen LogP contribution is -2.19. The molecule has 0 amide bonds. The van der Waals surface area contributed by atoms with Gasteiger partial charge in [0.1, 0.15) is 0 Å². The van der Waals surface area contributed by atoms with Crippen LogP contribution in [0, 0.1) is 0 Å². The van der Waals surface area contributed by atoms with Crippen molar-refractivity contribution >= 4 is 6.98 Å². The summed E-state index contributed by atoms with van der Waals surface area (Å²) in [5, 5.41) is 0. The minimum Gasteiger partial charge on any atom is -0.449 e. The first-order valence-electron chi connectivity index (χ1n) is 2.47. The lowest BCUT2D eigenvalue weighted by molar-refractivity contribution is 0.463. The van der Waals surface area contributed by atoms with E-state index in [0.717, 1.165) is 0 Å². The number of nitrogens with two attached hydrogens (primary N) is 1. The van der Waals surface area contributed by atoms with Crippen LogP contribution in [-0.2, 0) is 0 Å². The van der Waals surface area contributed by atoms with Crippen molar-refractivity contribution in [2.45, 2.75) is 18.3 Å². The Balaban J connectivity index is 2.39. The Morgan fingerprint density at radius 3 is 1.75 bits per heavy atom. The molecule has 5 heteroatoms. The predicted molar refractivity (Wildman–Crippen MR) is 25.4 cm³/mol. The van der Waals surface area contributed by atoms with E-state index in [2.05, 4.69) is 0 Å². The molecule has 0 unspecified atom stereocenters. The van der Waals surface area contributed by atoms with Gasteiger partial charge in [0.15, 0.2) is 0 Å². The Bertz CT molecular complexity index is 101. The maximum atomic E-state index is 11.5. The molecule has 0 radical (unpaired) electrons. The van der Waals surface area contributed by atoms with Crippen LogP contribution in [0.1, 0.15) is 6.42 Å². The smallest absolute Gasteiger partial charge is 0.449 e. The molecule has 2 atom stereocenters. The van der Waals surface area contributed by atoms with E-state index in [1.165, 1.54) is 0 Å². The molecule has 48 valence electrons. The van der Waals surface area contributed by atoms with Crippen LogP contribution in [-0.4, -0.2) is 13.0 Å². The summed E-state index contributed by atoms with van der Waals surface area (Å²) in [5.41, 5.74) is 4.95. The first-order chi connectivity index (χ1) is 3.52. The van der Waals surface area contributed by atoms with Gasteiger partial charge in [-0.05, 0) is 6.04 Å². The number of rotatable bonds is 1. The van der Waals surface area contributed by atoms with Crippen molar-refractivity contribution in [3.8, 4) is 0 Å². The largest absolute Gasteiger partial charge is 0.482 e. The first-order valence-corrected chi connectivity index (χ1v) is 2.47. The van der Waals surface area contributed by atoms with E-state index in [-0.39, 0.29) is 6.42 Å². The zero-order valence-corrected chi connectivity index (χ0v) is 4.15. The van der Waals surface area contributed by atoms with Crippen LogP contribution in [0.5, 0.6) is 0 Å². The fourth-order valence-electron chi connectivity index (χ4n) is 0.670. The van der Waals surface area contributed by atoms with Gasteiger partial charge in [0.25, 0.3) is 0 Å². The van der Waals surface area contributed by atoms with Crippen molar-refractivity contribution in [2.24, 2.45) is 5.73 Å². The van der Waals surface area contributed by atoms with E-state index in [1.807, 2.05) is 0 Å². The van der Waals surface area contributed by atoms with E-state index < -0.39 is 18.8 Å². The summed E-state index contributed by atoms with van der Waals surface area (Å²) in [6, 6.07) is -0.588. The maximum Gasteiger partial charge on any atom is 0.482 e. The topological polar surface area (TPSA) is 26.0 Å². The molecule has 0 aromatic heterocycles. The standard InChI is InChI=1S/C3H6BF3N/c5-4(6,7)2-1-3(2)8/h2-3H,1,8H2/q-1/t2-,3-/m1/s1. The lowest BCUT2D eigenvalue weighted by Gasteiger charge is -2.10. The highest BCUT2D eigenvalue weighted by Crippen LogP contribution is 2.45. The Hall–Kier alpha value is -0.185. The van der Waals surface area contributed by atoms with Crippen LogP contribution >= 0.6 is 0 Å². The average Bonchev–Trinajstić information content (AvgIpc) is 2.13. The van der Waals surface area contributed by atoms with E-state index in [0.29, 0.717) is 0 Å². The van der Waals surface area contributed by atoms with Crippen molar-refractivity contribution in [3.05, 3.63) is 0 Å². The summed E-state index contributed by atoms with van der Waals surface area (Å²) in [7, 11) is 0. The molecule has 1 fully saturated rings. The van der Waals surface area contributed by atoms with Gasteiger partial charge in [0.05, 0.1) is 0 Å². The van der Waals surface area contributed by atoms with Gasteiger partial charge in [-0.25, -0.2) is 0 Å². The molecule has 0 spiro atoms. The molecule has 8 heavy (non-hydrogen) atoms. The van der Waals surface area contributed by atoms with Crippen molar-refractivity contribution in [2.75, 3.05) is 0 Å². The quantitative estimate of drug-likeness (QED) is 0.517. The molecule has 1 saturated carbocycles. The fraction of sp³-hybridized carbons (Fsp3) is 1.00. The Labute approximate surface area is 45.1 Å². The molecule has 0 saturated heterocycles. The van der Waals surface area contributed by atoms with E-state index >= 15 is 0 Å². The first kappa shape index (κ1) is 5.94. The van der Waals surface area contributed by atoms with Crippen molar-refractivity contribution < 1.29 is 12.9 Å². The molecule has 1 nitrogen and oxygen atoms in total. The number of halogens is 3. The third kappa shape index (κ3) is 0.966. The molecular formula is C3H6BF3N-. The minimum absolute atomic E-state index is 0.142. The van der Waals surface area contributed by atoms with Crippen molar-refractivity contribution in [3.63, 3.8) is 0 Å². The summed E-state index contributed by atoms with van der Waals surface area (Å²) in [4.78, 5) is 0. The minimum atomic E-state index is -4.61. The molecule has 0 aromatic rings. The lowest BCUT2D eigenvalue weighted by atomic mass is 9.83. The van der Waals surface area contributed by atoms with Gasteiger partial charge in [-0.1, -0.05) is 12.2 Å². The van der Waals surface area contributed by atoms with E-state index in [4.69, 9.17) is 5.73 Å². The fourth-order valence-corrected chi connectivity index (χ4v) is 0.670. The summed E-state index contributed by atoms with van der Waals surface area (Å²) in [6.07, 6.45) is 0.142. The van der Waals surface area contributed by atoms with Gasteiger partial charge < -0.3 is 18.7 Å². The summed E-state index contributed by atoms with van der Waals surface area (Å²) in [5.74, 6) is -1.14. The molecule has 0 aliphatic heterocycles. The van der Waals surface area contributed by atoms with Crippen LogP contribution in [0.4, 0.5) is 12.9 Å². The highest BCUT2D eigenvalue weighted by molar-refractivity contribution is 6.61. The second-order valence-electron chi connectivity index (χ2n) is 2.19. The monoisotopic (exact) mass is 124 g/mol. The van der Waals surface area contributed by atoms with Gasteiger partial charge in [-0.2, -0.15) is 0 Å². The second kappa shape index (κ2) is 1.40. The third-order valence-electron chi connectivity index (χ3n) is 1.38. The van der Waals surface area contributed by atoms with Crippen LogP contribution in [0.15, 0.2) is 0 Å². The molecule has 2 N–H and O–H groups in total. The number of hydrogen-bond donors (Lipinski definition) is 1. The Kier molecular flexibility index (Phi) is 1.04. The van der Waals surface area contributed by atoms with Gasteiger partial charge >= 0.3 is 6.98 Å². The summed E-state index contributed by atoms with van der Waals surface area (Å²) >= 11 is 0. The SMILES string of the molecule is N[C@@H]1C[C@H]1[B-](F)(F)F. The van der Waals surface area contributed by atoms with Crippen LogP contribution in [0.3, 0.4) is 0 Å². The Morgan fingerprint density at radius 2 is 1.75 bits per heavy atom. The van der Waals surface area contributed by atoms with Crippen LogP contribution < -0.4 is 5.73 Å². The summed E-state index contributed by atoms with van der Waals surface area (Å²) in [6.45, 7) is -4.61. The normalized spacial score (nSPS) is 37.5. The molecular weight excluding hydrogens is 118 g/mol. The number of hydrogen-bond acceptors (Lipinski definition) is 1. The zero-order valence-electron chi connectivity index (χ0n) is 4.15. The van der Waals surface area contributed by atoms with E-state index in [9.17, 15) is 12.9 Å². The highest BCUT2D eigenvalue weighted by Gasteiger charge is 2.48. The molecule has 1 aliphatic rings. The predicted octanol–water partition coefficient (Wildman–Crippen LogP) is 0.935. The van der Waals surface area contributed by atoms with Crippen molar-refractivity contribution in [1.82, 2.24) is 0 Å². The average molecular weight is 124 g/mol. The van der Waals surface area contributed by atoms with Gasteiger partial charge in [0.2, 0.25) is 0 Å². The third-order valence-corrected chi connectivity index (χ3v) is 1.38. The van der Waals surface area contributed by atoms with Crippen LogP contribution in [0.25, 0.3) is 0 Å².